The van der Waals surface area contributed by atoms with Crippen molar-refractivity contribution in [2.24, 2.45) is 5.73 Å². The monoisotopic (exact) mass is 428 g/mol. The fourth-order valence-corrected chi connectivity index (χ4v) is 3.76. The molecule has 144 valence electrons. The molecule has 0 saturated carbocycles. The van der Waals surface area contributed by atoms with Gasteiger partial charge in [-0.25, -0.2) is 0 Å². The first kappa shape index (κ1) is 21.5. The molecule has 0 aliphatic heterocycles. The highest BCUT2D eigenvalue weighted by Crippen LogP contribution is 2.47. The van der Waals surface area contributed by atoms with E-state index in [9.17, 15) is 14.7 Å². The zero-order valence-electron chi connectivity index (χ0n) is 14.4. The minimum absolute atomic E-state index is 0. The molecule has 1 aliphatic carbocycles. The van der Waals surface area contributed by atoms with Crippen molar-refractivity contribution < 1.29 is 19.4 Å². The predicted octanol–water partition coefficient (Wildman–Crippen LogP) is 2.70. The summed E-state index contributed by atoms with van der Waals surface area (Å²) < 4.78 is 5.14. The number of hydrogen-bond acceptors (Lipinski definition) is 5. The third kappa shape index (κ3) is 3.78. The molecule has 1 atom stereocenters. The van der Waals surface area contributed by atoms with Crippen LogP contribution in [0.25, 0.3) is 0 Å². The van der Waals surface area contributed by atoms with Crippen molar-refractivity contribution in [2.45, 2.75) is 25.3 Å². The first-order chi connectivity index (χ1) is 12.3. The first-order valence-electron chi connectivity index (χ1n) is 7.95. The van der Waals surface area contributed by atoms with Gasteiger partial charge in [0.25, 0.3) is 0 Å². The van der Waals surface area contributed by atoms with Crippen molar-refractivity contribution >= 4 is 47.4 Å². The molecule has 0 spiro atoms. The lowest BCUT2D eigenvalue weighted by Crippen LogP contribution is -2.29. The summed E-state index contributed by atoms with van der Waals surface area (Å²) in [6, 6.07) is 9.12. The Morgan fingerprint density at radius 1 is 1.26 bits per heavy atom. The van der Waals surface area contributed by atoms with Crippen molar-refractivity contribution in [3.8, 4) is 5.75 Å². The number of rotatable bonds is 5. The Morgan fingerprint density at radius 3 is 2.44 bits per heavy atom. The number of Topliss-reactive ketones (excluding diaryl/α,β-unsaturated/α-hetero) is 1. The quantitative estimate of drug-likeness (QED) is 0.789. The Kier molecular flexibility index (Phi) is 6.43. The second kappa shape index (κ2) is 8.07. The Hall–Kier alpha value is -1.79. The van der Waals surface area contributed by atoms with Crippen molar-refractivity contribution in [1.29, 1.82) is 0 Å². The van der Waals surface area contributed by atoms with Crippen LogP contribution in [0.15, 0.2) is 30.3 Å². The van der Waals surface area contributed by atoms with Gasteiger partial charge in [0.05, 0.1) is 16.4 Å². The number of fused-ring (bicyclic) bond motifs is 1. The molecule has 1 unspecified atom stereocenters. The zero-order valence-corrected chi connectivity index (χ0v) is 16.7. The molecule has 8 heteroatoms. The minimum atomic E-state index is -1.38. The zero-order chi connectivity index (χ0) is 19.1. The van der Waals surface area contributed by atoms with E-state index in [-0.39, 0.29) is 34.0 Å². The number of ketones is 1. The van der Waals surface area contributed by atoms with Crippen LogP contribution >= 0.6 is 35.6 Å². The summed E-state index contributed by atoms with van der Waals surface area (Å²) >= 11 is 12.5. The van der Waals surface area contributed by atoms with Gasteiger partial charge < -0.3 is 20.4 Å². The Labute approximate surface area is 172 Å². The molecule has 27 heavy (non-hydrogen) atoms. The number of nitrogens with two attached hydrogens (primary N) is 1. The molecule has 0 amide bonds. The fraction of sp³-hybridized carbons (Fsp3) is 0.263. The number of carbonyl (C=O) groups excluding carboxylic acids is 2. The summed E-state index contributed by atoms with van der Waals surface area (Å²) in [6.45, 7) is 1.62. The molecule has 0 saturated heterocycles. The Bertz CT molecular complexity index is 899. The molecule has 1 aliphatic rings. The number of aliphatic carboxylic acids is 1. The normalized spacial score (nSPS) is 18.0. The number of benzene rings is 2. The maximum absolute atomic E-state index is 13.1. The van der Waals surface area contributed by atoms with E-state index in [0.29, 0.717) is 24.1 Å². The van der Waals surface area contributed by atoms with Gasteiger partial charge in [-0.15, -0.1) is 12.4 Å². The van der Waals surface area contributed by atoms with Crippen molar-refractivity contribution in [3.05, 3.63) is 62.6 Å². The lowest BCUT2D eigenvalue weighted by molar-refractivity contribution is -0.307. The topological polar surface area (TPSA) is 92.4 Å². The highest BCUT2D eigenvalue weighted by atomic mass is 35.5. The van der Waals surface area contributed by atoms with Crippen LogP contribution in [0.4, 0.5) is 0 Å². The Balaban J connectivity index is 0.00000261. The van der Waals surface area contributed by atoms with E-state index >= 15 is 0 Å². The van der Waals surface area contributed by atoms with Gasteiger partial charge in [0, 0.05) is 12.1 Å². The molecule has 0 aromatic heterocycles. The molecular formula is C19H17Cl3NO4-. The molecule has 3 rings (SSSR count). The van der Waals surface area contributed by atoms with Crippen LogP contribution in [0, 0.1) is 0 Å². The van der Waals surface area contributed by atoms with Gasteiger partial charge in [-0.2, -0.15) is 0 Å². The molecule has 0 radical (unpaired) electrons. The highest BCUT2D eigenvalue weighted by molar-refractivity contribution is 6.45. The number of carboxylic acids is 1. The summed E-state index contributed by atoms with van der Waals surface area (Å²) in [6.07, 6.45) is 0.404. The standard InChI is InChI=1S/C19H17Cl2NO4.ClH/c1-19(12-4-2-10(8-22)3-5-12)7-11-6-13(26-9-14(23)24)16(20)17(21)15(11)18(19)25;/h2-6H,7-9,22H2,1H3,(H,23,24);1H/p-1. The number of ether oxygens (including phenoxy) is 1. The van der Waals surface area contributed by atoms with Crippen LogP contribution in [-0.4, -0.2) is 18.4 Å². The van der Waals surface area contributed by atoms with E-state index in [1.54, 1.807) is 6.07 Å². The molecule has 5 nitrogen and oxygen atoms in total. The summed E-state index contributed by atoms with van der Waals surface area (Å²) in [4.78, 5) is 23.7. The number of carbonyl (C=O) groups is 2. The van der Waals surface area contributed by atoms with Crippen LogP contribution in [0.1, 0.15) is 34.0 Å². The van der Waals surface area contributed by atoms with Crippen LogP contribution < -0.4 is 15.6 Å². The van der Waals surface area contributed by atoms with Crippen molar-refractivity contribution in [3.63, 3.8) is 0 Å². The SMILES string of the molecule is CC1(c2ccc(CN)cc2)Cc2cc(OCC(=O)[O-])c(Cl)c(Cl)c2C1=O.Cl. The van der Waals surface area contributed by atoms with E-state index in [2.05, 4.69) is 0 Å². The number of hydrogen-bond donors (Lipinski definition) is 1. The lowest BCUT2D eigenvalue weighted by Gasteiger charge is -2.22. The van der Waals surface area contributed by atoms with Crippen LogP contribution in [0.3, 0.4) is 0 Å². The predicted molar refractivity (Wildman–Crippen MR) is 104 cm³/mol. The minimum Gasteiger partial charge on any atom is -0.546 e. The largest absolute Gasteiger partial charge is 0.546 e. The molecule has 0 bridgehead atoms. The average molecular weight is 430 g/mol. The molecule has 2 aromatic rings. The second-order valence-corrected chi connectivity index (χ2v) is 7.19. The molecular weight excluding hydrogens is 413 g/mol. The van der Waals surface area contributed by atoms with Gasteiger partial charge in [-0.05, 0) is 36.1 Å². The third-order valence-corrected chi connectivity index (χ3v) is 5.55. The van der Waals surface area contributed by atoms with E-state index in [4.69, 9.17) is 33.7 Å². The van der Waals surface area contributed by atoms with Crippen molar-refractivity contribution in [2.75, 3.05) is 6.61 Å². The van der Waals surface area contributed by atoms with E-state index in [0.717, 1.165) is 11.1 Å². The van der Waals surface area contributed by atoms with Gasteiger partial charge in [0.2, 0.25) is 0 Å². The van der Waals surface area contributed by atoms with Gasteiger partial charge >= 0.3 is 0 Å². The smallest absolute Gasteiger partial charge is 0.175 e. The van der Waals surface area contributed by atoms with Crippen LogP contribution in [0.2, 0.25) is 10.0 Å². The summed E-state index contributed by atoms with van der Waals surface area (Å²) in [7, 11) is 0. The number of halogens is 3. The van der Waals surface area contributed by atoms with Crippen LogP contribution in [-0.2, 0) is 23.2 Å². The third-order valence-electron chi connectivity index (χ3n) is 4.70. The highest BCUT2D eigenvalue weighted by Gasteiger charge is 2.45. The maximum atomic E-state index is 13.1. The molecule has 0 heterocycles. The summed E-state index contributed by atoms with van der Waals surface area (Å²) in [5.41, 5.74) is 7.67. The fourth-order valence-electron chi connectivity index (χ4n) is 3.26. The first-order valence-corrected chi connectivity index (χ1v) is 8.71. The van der Waals surface area contributed by atoms with Gasteiger partial charge in [0.15, 0.2) is 5.78 Å². The van der Waals surface area contributed by atoms with E-state index in [1.807, 2.05) is 31.2 Å². The molecule has 0 fully saturated rings. The second-order valence-electron chi connectivity index (χ2n) is 6.44. The molecule has 2 N–H and O–H groups in total. The van der Waals surface area contributed by atoms with Gasteiger partial charge in [-0.1, -0.05) is 47.5 Å². The van der Waals surface area contributed by atoms with Crippen LogP contribution in [0.5, 0.6) is 5.75 Å². The van der Waals surface area contributed by atoms with E-state index in [1.165, 1.54) is 0 Å². The average Bonchev–Trinajstić information content (AvgIpc) is 2.88. The molecule has 2 aromatic carbocycles. The van der Waals surface area contributed by atoms with Crippen molar-refractivity contribution in [1.82, 2.24) is 0 Å². The lowest BCUT2D eigenvalue weighted by atomic mass is 9.78. The maximum Gasteiger partial charge on any atom is 0.175 e. The van der Waals surface area contributed by atoms with Gasteiger partial charge in [-0.3, -0.25) is 4.79 Å². The van der Waals surface area contributed by atoms with E-state index < -0.39 is 18.0 Å². The summed E-state index contributed by atoms with van der Waals surface area (Å²) in [5.74, 6) is -1.39. The summed E-state index contributed by atoms with van der Waals surface area (Å²) in [5, 5.41) is 10.7. The number of carboxylic acid groups (broad SMARTS) is 1. The van der Waals surface area contributed by atoms with Gasteiger partial charge in [0.1, 0.15) is 17.4 Å². The Morgan fingerprint density at radius 2 is 1.89 bits per heavy atom.